The number of carboxylic acids is 1. The summed E-state index contributed by atoms with van der Waals surface area (Å²) in [5, 5.41) is 8.34. The van der Waals surface area contributed by atoms with Crippen LogP contribution >= 0.6 is 11.8 Å². The van der Waals surface area contributed by atoms with Gasteiger partial charge in [0.05, 0.1) is 12.4 Å². The van der Waals surface area contributed by atoms with Crippen molar-refractivity contribution in [1.29, 1.82) is 0 Å². The van der Waals surface area contributed by atoms with Gasteiger partial charge in [0.15, 0.2) is 0 Å². The van der Waals surface area contributed by atoms with Crippen LogP contribution in [0.4, 0.5) is 0 Å². The van der Waals surface area contributed by atoms with Gasteiger partial charge in [0.2, 0.25) is 0 Å². The number of ether oxygens (including phenoxy) is 1. The van der Waals surface area contributed by atoms with E-state index in [0.29, 0.717) is 5.75 Å². The van der Waals surface area contributed by atoms with Crippen molar-refractivity contribution in [2.75, 3.05) is 7.11 Å². The number of hydrogen-bond donors (Lipinski definition) is 1. The van der Waals surface area contributed by atoms with Gasteiger partial charge >= 0.3 is 5.97 Å². The maximum absolute atomic E-state index is 10.6. The Morgan fingerprint density at radius 2 is 2.33 bits per heavy atom. The number of aliphatic carboxylic acids is 1. The van der Waals surface area contributed by atoms with Gasteiger partial charge < -0.3 is 9.84 Å². The molecule has 0 aliphatic heterocycles. The molecule has 1 aromatic rings. The molecule has 82 valence electrons. The predicted molar refractivity (Wildman–Crippen MR) is 61.4 cm³/mol. The molecule has 0 spiro atoms. The summed E-state index contributed by atoms with van der Waals surface area (Å²) in [4.78, 5) is 10.6. The van der Waals surface area contributed by atoms with Crippen molar-refractivity contribution in [2.45, 2.75) is 17.9 Å². The Balaban J connectivity index is 2.53. The lowest BCUT2D eigenvalue weighted by atomic mass is 10.2. The van der Waals surface area contributed by atoms with Crippen molar-refractivity contribution in [3.05, 3.63) is 29.8 Å². The fourth-order valence-electron chi connectivity index (χ4n) is 1.05. The maximum atomic E-state index is 10.6. The molecular formula is C11H14O3S. The average molecular weight is 226 g/mol. The Labute approximate surface area is 93.4 Å². The molecule has 15 heavy (non-hydrogen) atoms. The minimum Gasteiger partial charge on any atom is -0.497 e. The molecule has 0 saturated heterocycles. The van der Waals surface area contributed by atoms with Crippen LogP contribution in [-0.2, 0) is 10.5 Å². The van der Waals surface area contributed by atoms with Gasteiger partial charge in [-0.2, -0.15) is 0 Å². The van der Waals surface area contributed by atoms with Gasteiger partial charge in [-0.3, -0.25) is 4.79 Å². The Hall–Kier alpha value is -1.16. The van der Waals surface area contributed by atoms with Crippen LogP contribution in [0.25, 0.3) is 0 Å². The Morgan fingerprint density at radius 3 is 2.93 bits per heavy atom. The lowest BCUT2D eigenvalue weighted by molar-refractivity contribution is -0.136. The molecule has 0 radical (unpaired) electrons. The highest BCUT2D eigenvalue weighted by atomic mass is 32.2. The zero-order chi connectivity index (χ0) is 11.3. The van der Waals surface area contributed by atoms with E-state index in [0.717, 1.165) is 11.3 Å². The van der Waals surface area contributed by atoms with E-state index in [-0.39, 0.29) is 5.25 Å². The third-order valence-electron chi connectivity index (χ3n) is 1.98. The van der Waals surface area contributed by atoms with Gasteiger partial charge in [0.1, 0.15) is 5.75 Å². The largest absolute Gasteiger partial charge is 0.497 e. The van der Waals surface area contributed by atoms with Crippen molar-refractivity contribution in [3.63, 3.8) is 0 Å². The molecule has 0 heterocycles. The summed E-state index contributed by atoms with van der Waals surface area (Å²) in [6.07, 6.45) is 0. The van der Waals surface area contributed by atoms with Gasteiger partial charge in [0, 0.05) is 5.75 Å². The molecule has 0 aliphatic rings. The summed E-state index contributed by atoms with van der Waals surface area (Å²) in [5.74, 6) is 0.712. The van der Waals surface area contributed by atoms with Crippen LogP contribution in [0.5, 0.6) is 5.75 Å². The summed E-state index contributed by atoms with van der Waals surface area (Å²) in [6, 6.07) is 7.65. The number of methoxy groups -OCH3 is 1. The Bertz CT molecular complexity index is 338. The molecule has 4 heteroatoms. The van der Waals surface area contributed by atoms with Crippen molar-refractivity contribution in [1.82, 2.24) is 0 Å². The maximum Gasteiger partial charge on any atom is 0.316 e. The molecule has 1 N–H and O–H groups in total. The first-order chi connectivity index (χ1) is 7.13. The zero-order valence-electron chi connectivity index (χ0n) is 8.77. The zero-order valence-corrected chi connectivity index (χ0v) is 9.58. The van der Waals surface area contributed by atoms with Gasteiger partial charge in [-0.25, -0.2) is 0 Å². The van der Waals surface area contributed by atoms with Crippen LogP contribution in [-0.4, -0.2) is 23.4 Å². The van der Waals surface area contributed by atoms with E-state index < -0.39 is 5.97 Å². The third-order valence-corrected chi connectivity index (χ3v) is 3.18. The molecule has 0 bridgehead atoms. The quantitative estimate of drug-likeness (QED) is 0.837. The van der Waals surface area contributed by atoms with Gasteiger partial charge in [-0.1, -0.05) is 12.1 Å². The van der Waals surface area contributed by atoms with E-state index in [2.05, 4.69) is 0 Å². The summed E-state index contributed by atoms with van der Waals surface area (Å²) in [5.41, 5.74) is 1.08. The van der Waals surface area contributed by atoms with Crippen LogP contribution in [0.2, 0.25) is 0 Å². The fraction of sp³-hybridized carbons (Fsp3) is 0.364. The number of carboxylic acid groups (broad SMARTS) is 1. The summed E-state index contributed by atoms with van der Waals surface area (Å²) >= 11 is 1.40. The first-order valence-electron chi connectivity index (χ1n) is 4.61. The molecule has 0 aromatic heterocycles. The molecular weight excluding hydrogens is 212 g/mol. The highest BCUT2D eigenvalue weighted by molar-refractivity contribution is 7.99. The molecule has 1 rings (SSSR count). The van der Waals surface area contributed by atoms with Crippen LogP contribution in [0, 0.1) is 0 Å². The lowest BCUT2D eigenvalue weighted by Crippen LogP contribution is -2.11. The third kappa shape index (κ3) is 3.83. The molecule has 0 aliphatic carbocycles. The second-order valence-electron chi connectivity index (χ2n) is 3.14. The Kier molecular flexibility index (Phi) is 4.49. The minimum atomic E-state index is -0.775. The molecule has 0 saturated carbocycles. The smallest absolute Gasteiger partial charge is 0.316 e. The summed E-state index contributed by atoms with van der Waals surface area (Å²) in [7, 11) is 1.62. The predicted octanol–water partition coefficient (Wildman–Crippen LogP) is 2.40. The second kappa shape index (κ2) is 5.66. The molecule has 3 nitrogen and oxygen atoms in total. The lowest BCUT2D eigenvalue weighted by Gasteiger charge is -2.07. The number of benzene rings is 1. The normalized spacial score (nSPS) is 12.1. The van der Waals surface area contributed by atoms with Gasteiger partial charge in [-0.05, 0) is 24.6 Å². The van der Waals surface area contributed by atoms with Crippen molar-refractivity contribution in [2.24, 2.45) is 0 Å². The van der Waals surface area contributed by atoms with E-state index in [1.807, 2.05) is 24.3 Å². The van der Waals surface area contributed by atoms with Crippen LogP contribution < -0.4 is 4.74 Å². The number of rotatable bonds is 5. The van der Waals surface area contributed by atoms with Crippen molar-refractivity contribution in [3.8, 4) is 5.75 Å². The molecule has 1 unspecified atom stereocenters. The second-order valence-corrected chi connectivity index (χ2v) is 4.47. The van der Waals surface area contributed by atoms with E-state index in [9.17, 15) is 4.79 Å². The first kappa shape index (κ1) is 11.9. The molecule has 0 fully saturated rings. The molecule has 0 amide bonds. The minimum absolute atomic E-state index is 0.379. The van der Waals surface area contributed by atoms with E-state index >= 15 is 0 Å². The van der Waals surface area contributed by atoms with Crippen molar-refractivity contribution >= 4 is 17.7 Å². The summed E-state index contributed by atoms with van der Waals surface area (Å²) < 4.78 is 5.08. The standard InChI is InChI=1S/C11H14O3S/c1-8(11(12)13)15-7-9-4-3-5-10(6-9)14-2/h3-6,8H,7H2,1-2H3,(H,12,13). The van der Waals surface area contributed by atoms with Crippen LogP contribution in [0.1, 0.15) is 12.5 Å². The fourth-order valence-corrected chi connectivity index (χ4v) is 1.82. The number of thioether (sulfide) groups is 1. The van der Waals surface area contributed by atoms with Crippen LogP contribution in [0.15, 0.2) is 24.3 Å². The van der Waals surface area contributed by atoms with Crippen LogP contribution in [0.3, 0.4) is 0 Å². The highest BCUT2D eigenvalue weighted by Gasteiger charge is 2.10. The van der Waals surface area contributed by atoms with E-state index in [1.165, 1.54) is 11.8 Å². The van der Waals surface area contributed by atoms with Gasteiger partial charge in [-0.15, -0.1) is 11.8 Å². The first-order valence-corrected chi connectivity index (χ1v) is 5.65. The average Bonchev–Trinajstić information content (AvgIpc) is 2.26. The van der Waals surface area contributed by atoms with Gasteiger partial charge in [0.25, 0.3) is 0 Å². The summed E-state index contributed by atoms with van der Waals surface area (Å²) in [6.45, 7) is 1.69. The van der Waals surface area contributed by atoms with Crippen molar-refractivity contribution < 1.29 is 14.6 Å². The van der Waals surface area contributed by atoms with E-state index in [1.54, 1.807) is 14.0 Å². The SMILES string of the molecule is COc1cccc(CSC(C)C(=O)O)c1. The molecule has 1 atom stereocenters. The molecule has 1 aromatic carbocycles. The highest BCUT2D eigenvalue weighted by Crippen LogP contribution is 2.20. The topological polar surface area (TPSA) is 46.5 Å². The Morgan fingerprint density at radius 1 is 1.60 bits per heavy atom. The number of carbonyl (C=O) groups is 1. The van der Waals surface area contributed by atoms with E-state index in [4.69, 9.17) is 9.84 Å². The number of hydrogen-bond acceptors (Lipinski definition) is 3. The monoisotopic (exact) mass is 226 g/mol.